The zero-order chi connectivity index (χ0) is 8.27. The fraction of sp³-hybridized carbons (Fsp3) is 0.200. The first-order chi connectivity index (χ1) is 5.20. The molecule has 1 rings (SSSR count). The fourth-order valence-corrected chi connectivity index (χ4v) is 0.939. The van der Waals surface area contributed by atoms with E-state index in [1.807, 2.05) is 32.3 Å². The molecule has 0 unspecified atom stereocenters. The molecular formula is C10H13N. The number of nitrogens with zero attached hydrogens (tertiary/aromatic N) is 1. The molecule has 1 nitrogen and oxygen atoms in total. The van der Waals surface area contributed by atoms with Crippen molar-refractivity contribution in [1.29, 1.82) is 0 Å². The number of likely N-dealkylation sites (N-methyl/N-ethyl adjacent to an activating group) is 1. The molecule has 0 atom stereocenters. The van der Waals surface area contributed by atoms with Gasteiger partial charge in [0.15, 0.2) is 0 Å². The maximum atomic E-state index is 3.82. The average molecular weight is 147 g/mol. The highest BCUT2D eigenvalue weighted by atomic mass is 15.1. The molecule has 1 aliphatic rings. The molecule has 1 heteroatoms. The minimum Gasteiger partial charge on any atom is -0.351 e. The summed E-state index contributed by atoms with van der Waals surface area (Å²) >= 11 is 0. The van der Waals surface area contributed by atoms with E-state index in [2.05, 4.69) is 23.6 Å². The molecule has 1 aliphatic heterocycles. The summed E-state index contributed by atoms with van der Waals surface area (Å²) in [4.78, 5) is 2.06. The Labute approximate surface area is 68.0 Å². The molecule has 1 heterocycles. The average Bonchev–Trinajstić information content (AvgIpc) is 1.93. The van der Waals surface area contributed by atoms with Crippen LogP contribution in [0.2, 0.25) is 0 Å². The summed E-state index contributed by atoms with van der Waals surface area (Å²) in [6.45, 7) is 5.82. The van der Waals surface area contributed by atoms with Crippen molar-refractivity contribution in [3.63, 3.8) is 0 Å². The number of allylic oxidation sites excluding steroid dienone is 5. The molecule has 0 saturated carbocycles. The van der Waals surface area contributed by atoms with Gasteiger partial charge in [-0.3, -0.25) is 0 Å². The van der Waals surface area contributed by atoms with Crippen molar-refractivity contribution in [3.8, 4) is 0 Å². The molecule has 0 aromatic rings. The van der Waals surface area contributed by atoms with E-state index in [-0.39, 0.29) is 0 Å². The Hall–Kier alpha value is -1.24. The van der Waals surface area contributed by atoms with Crippen LogP contribution in [0.3, 0.4) is 0 Å². The maximum absolute atomic E-state index is 3.82. The topological polar surface area (TPSA) is 3.24 Å². The Bertz CT molecular complexity index is 244. The number of hydrogen-bond acceptors (Lipinski definition) is 1. The van der Waals surface area contributed by atoms with Gasteiger partial charge in [0.2, 0.25) is 0 Å². The minimum absolute atomic E-state index is 1.08. The van der Waals surface area contributed by atoms with Crippen molar-refractivity contribution in [3.05, 3.63) is 48.4 Å². The zero-order valence-corrected chi connectivity index (χ0v) is 7.04. The lowest BCUT2D eigenvalue weighted by molar-refractivity contribution is 0.583. The molecule has 11 heavy (non-hydrogen) atoms. The molecule has 0 fully saturated rings. The fourth-order valence-electron chi connectivity index (χ4n) is 0.939. The van der Waals surface area contributed by atoms with Gasteiger partial charge < -0.3 is 4.90 Å². The van der Waals surface area contributed by atoms with Gasteiger partial charge in [-0.25, -0.2) is 0 Å². The van der Waals surface area contributed by atoms with E-state index in [4.69, 9.17) is 0 Å². The quantitative estimate of drug-likeness (QED) is 0.550. The first-order valence-corrected chi connectivity index (χ1v) is 3.65. The third kappa shape index (κ3) is 2.11. The van der Waals surface area contributed by atoms with E-state index in [0.29, 0.717) is 0 Å². The predicted molar refractivity (Wildman–Crippen MR) is 48.9 cm³/mol. The van der Waals surface area contributed by atoms with Crippen LogP contribution in [-0.2, 0) is 0 Å². The van der Waals surface area contributed by atoms with Gasteiger partial charge in [-0.2, -0.15) is 0 Å². The standard InChI is InChI=1S/C10H13N/c1-9(2)8-10-6-4-5-7-11(10)3/h4-8H,1H2,2-3H3/b10-8-. The van der Waals surface area contributed by atoms with E-state index in [1.54, 1.807) is 0 Å². The van der Waals surface area contributed by atoms with E-state index in [0.717, 1.165) is 5.57 Å². The molecule has 0 aliphatic carbocycles. The van der Waals surface area contributed by atoms with Crippen LogP contribution in [0.4, 0.5) is 0 Å². The van der Waals surface area contributed by atoms with Gasteiger partial charge in [0, 0.05) is 18.9 Å². The second kappa shape index (κ2) is 3.24. The van der Waals surface area contributed by atoms with E-state index in [9.17, 15) is 0 Å². The highest BCUT2D eigenvalue weighted by Gasteiger charge is 1.98. The van der Waals surface area contributed by atoms with Crippen LogP contribution >= 0.6 is 0 Å². The largest absolute Gasteiger partial charge is 0.351 e. The summed E-state index contributed by atoms with van der Waals surface area (Å²) in [5.74, 6) is 0. The van der Waals surface area contributed by atoms with Gasteiger partial charge in [-0.1, -0.05) is 18.2 Å². The lowest BCUT2D eigenvalue weighted by Gasteiger charge is -2.17. The van der Waals surface area contributed by atoms with Crippen molar-refractivity contribution >= 4 is 0 Å². The van der Waals surface area contributed by atoms with E-state index >= 15 is 0 Å². The van der Waals surface area contributed by atoms with Crippen molar-refractivity contribution in [2.45, 2.75) is 6.92 Å². The Morgan fingerprint density at radius 1 is 1.55 bits per heavy atom. The van der Waals surface area contributed by atoms with E-state index < -0.39 is 0 Å². The Balaban J connectivity index is 2.81. The summed E-state index contributed by atoms with van der Waals surface area (Å²) in [6, 6.07) is 0. The third-order valence-electron chi connectivity index (χ3n) is 1.49. The second-order valence-electron chi connectivity index (χ2n) is 2.73. The molecule has 0 spiro atoms. The Kier molecular flexibility index (Phi) is 2.32. The summed E-state index contributed by atoms with van der Waals surface area (Å²) in [5, 5.41) is 0. The molecular weight excluding hydrogens is 134 g/mol. The Morgan fingerprint density at radius 3 is 2.82 bits per heavy atom. The summed E-state index contributed by atoms with van der Waals surface area (Å²) in [7, 11) is 2.02. The zero-order valence-electron chi connectivity index (χ0n) is 7.04. The van der Waals surface area contributed by atoms with Gasteiger partial charge in [0.25, 0.3) is 0 Å². The molecule has 0 saturated heterocycles. The Morgan fingerprint density at radius 2 is 2.27 bits per heavy atom. The van der Waals surface area contributed by atoms with Crippen LogP contribution in [0.25, 0.3) is 0 Å². The lowest BCUT2D eigenvalue weighted by Crippen LogP contribution is -2.10. The molecule has 0 radical (unpaired) electrons. The number of rotatable bonds is 1. The molecule has 0 bridgehead atoms. The monoisotopic (exact) mass is 147 g/mol. The highest BCUT2D eigenvalue weighted by Crippen LogP contribution is 2.11. The van der Waals surface area contributed by atoms with Crippen LogP contribution in [-0.4, -0.2) is 11.9 Å². The van der Waals surface area contributed by atoms with Crippen LogP contribution in [0, 0.1) is 0 Å². The van der Waals surface area contributed by atoms with Crippen LogP contribution in [0.15, 0.2) is 48.4 Å². The van der Waals surface area contributed by atoms with Crippen LogP contribution in [0.5, 0.6) is 0 Å². The predicted octanol–water partition coefficient (Wildman–Crippen LogP) is 2.46. The second-order valence-corrected chi connectivity index (χ2v) is 2.73. The van der Waals surface area contributed by atoms with Crippen LogP contribution < -0.4 is 0 Å². The highest BCUT2D eigenvalue weighted by molar-refractivity contribution is 5.32. The SMILES string of the molecule is C=C(C)/C=C1/C=CC=CN1C. The number of hydrogen-bond donors (Lipinski definition) is 0. The maximum Gasteiger partial charge on any atom is 0.0405 e. The van der Waals surface area contributed by atoms with Gasteiger partial charge in [-0.15, -0.1) is 0 Å². The van der Waals surface area contributed by atoms with Gasteiger partial charge in [0.1, 0.15) is 0 Å². The summed E-state index contributed by atoms with van der Waals surface area (Å²) in [6.07, 6.45) is 10.2. The van der Waals surface area contributed by atoms with Gasteiger partial charge in [0.05, 0.1) is 0 Å². The molecule has 0 N–H and O–H groups in total. The molecule has 0 amide bonds. The summed E-state index contributed by atoms with van der Waals surface area (Å²) in [5.41, 5.74) is 2.26. The smallest absolute Gasteiger partial charge is 0.0405 e. The van der Waals surface area contributed by atoms with Gasteiger partial charge in [-0.05, 0) is 25.2 Å². The van der Waals surface area contributed by atoms with Crippen molar-refractivity contribution in [1.82, 2.24) is 4.90 Å². The molecule has 0 aromatic heterocycles. The first kappa shape index (κ1) is 7.86. The normalized spacial score (nSPS) is 19.5. The van der Waals surface area contributed by atoms with Gasteiger partial charge >= 0.3 is 0 Å². The molecule has 0 aromatic carbocycles. The van der Waals surface area contributed by atoms with Crippen molar-refractivity contribution < 1.29 is 0 Å². The molecule has 58 valence electrons. The van der Waals surface area contributed by atoms with Crippen molar-refractivity contribution in [2.75, 3.05) is 7.05 Å². The van der Waals surface area contributed by atoms with Crippen molar-refractivity contribution in [2.24, 2.45) is 0 Å². The van der Waals surface area contributed by atoms with E-state index in [1.165, 1.54) is 5.70 Å². The third-order valence-corrected chi connectivity index (χ3v) is 1.49. The minimum atomic E-state index is 1.08. The summed E-state index contributed by atoms with van der Waals surface area (Å²) < 4.78 is 0. The first-order valence-electron chi connectivity index (χ1n) is 3.65. The lowest BCUT2D eigenvalue weighted by atomic mass is 10.2. The van der Waals surface area contributed by atoms with Crippen LogP contribution in [0.1, 0.15) is 6.92 Å².